The molecule has 4 heteroatoms. The van der Waals surface area contributed by atoms with E-state index < -0.39 is 0 Å². The lowest BCUT2D eigenvalue weighted by molar-refractivity contribution is 0.0907. The minimum absolute atomic E-state index is 0.0291. The summed E-state index contributed by atoms with van der Waals surface area (Å²) >= 11 is 0. The standard InChI is InChI=1S/C15H22FN3/c16-13-11-18-8-5-12(13)14(17)15(6-1-2-7-15)19-9-3-4-10-19/h5,8,11,14H,1-4,6-7,9-10,17H2. The zero-order valence-electron chi connectivity index (χ0n) is 11.3. The van der Waals surface area contributed by atoms with Crippen LogP contribution in [0.2, 0.25) is 0 Å². The quantitative estimate of drug-likeness (QED) is 0.911. The smallest absolute Gasteiger partial charge is 0.146 e. The van der Waals surface area contributed by atoms with Crippen molar-refractivity contribution in [2.45, 2.75) is 50.1 Å². The first kappa shape index (κ1) is 13.0. The van der Waals surface area contributed by atoms with E-state index in [0.717, 1.165) is 25.9 Å². The SMILES string of the molecule is NC(c1ccncc1F)C1(N2CCCC2)CCCC1. The van der Waals surface area contributed by atoms with Gasteiger partial charge >= 0.3 is 0 Å². The summed E-state index contributed by atoms with van der Waals surface area (Å²) in [6.07, 6.45) is 10.0. The van der Waals surface area contributed by atoms with Crippen molar-refractivity contribution in [3.63, 3.8) is 0 Å². The fraction of sp³-hybridized carbons (Fsp3) is 0.667. The lowest BCUT2D eigenvalue weighted by Crippen LogP contribution is -2.52. The highest BCUT2D eigenvalue weighted by Gasteiger charge is 2.46. The van der Waals surface area contributed by atoms with Gasteiger partial charge in [-0.1, -0.05) is 12.8 Å². The summed E-state index contributed by atoms with van der Waals surface area (Å²) in [6, 6.07) is 1.51. The molecule has 1 aromatic heterocycles. The molecule has 1 saturated carbocycles. The summed E-state index contributed by atoms with van der Waals surface area (Å²) in [5, 5.41) is 0. The van der Waals surface area contributed by atoms with Gasteiger partial charge in [0.15, 0.2) is 0 Å². The Morgan fingerprint density at radius 3 is 2.53 bits per heavy atom. The van der Waals surface area contributed by atoms with Gasteiger partial charge in [0.2, 0.25) is 0 Å². The van der Waals surface area contributed by atoms with Crippen molar-refractivity contribution >= 4 is 0 Å². The number of likely N-dealkylation sites (tertiary alicyclic amines) is 1. The van der Waals surface area contributed by atoms with Crippen LogP contribution in [0.15, 0.2) is 18.5 Å². The Morgan fingerprint density at radius 1 is 1.21 bits per heavy atom. The Balaban J connectivity index is 1.94. The average molecular weight is 263 g/mol. The van der Waals surface area contributed by atoms with Gasteiger partial charge < -0.3 is 5.73 Å². The van der Waals surface area contributed by atoms with Crippen LogP contribution in [0.5, 0.6) is 0 Å². The van der Waals surface area contributed by atoms with Crippen LogP contribution in [0.25, 0.3) is 0 Å². The normalized spacial score (nSPS) is 24.7. The predicted molar refractivity (Wildman–Crippen MR) is 73.1 cm³/mol. The van der Waals surface area contributed by atoms with Gasteiger partial charge in [-0.15, -0.1) is 0 Å². The molecule has 0 aromatic carbocycles. The highest BCUT2D eigenvalue weighted by molar-refractivity contribution is 5.23. The fourth-order valence-corrected chi connectivity index (χ4v) is 3.90. The molecule has 2 aliphatic rings. The number of nitrogens with zero attached hydrogens (tertiary/aromatic N) is 2. The summed E-state index contributed by atoms with van der Waals surface area (Å²) in [7, 11) is 0. The largest absolute Gasteiger partial charge is 0.322 e. The van der Waals surface area contributed by atoms with Crippen molar-refractivity contribution in [2.24, 2.45) is 5.73 Å². The van der Waals surface area contributed by atoms with Crippen molar-refractivity contribution in [3.8, 4) is 0 Å². The van der Waals surface area contributed by atoms with Gasteiger partial charge in [0.25, 0.3) is 0 Å². The third-order valence-corrected chi connectivity index (χ3v) is 4.92. The van der Waals surface area contributed by atoms with Gasteiger partial charge in [0.1, 0.15) is 5.82 Å². The van der Waals surface area contributed by atoms with Crippen LogP contribution in [-0.2, 0) is 0 Å². The first-order valence-corrected chi connectivity index (χ1v) is 7.34. The molecule has 3 nitrogen and oxygen atoms in total. The molecule has 2 fully saturated rings. The van der Waals surface area contributed by atoms with Gasteiger partial charge in [0.05, 0.1) is 12.2 Å². The summed E-state index contributed by atoms with van der Waals surface area (Å²) in [5.74, 6) is -0.263. The monoisotopic (exact) mass is 263 g/mol. The van der Waals surface area contributed by atoms with Gasteiger partial charge in [0, 0.05) is 17.3 Å². The third kappa shape index (κ3) is 2.17. The van der Waals surface area contributed by atoms with Crippen LogP contribution in [0.1, 0.15) is 50.1 Å². The molecule has 1 atom stereocenters. The molecule has 1 aromatic rings. The molecular formula is C15H22FN3. The Bertz CT molecular complexity index is 437. The van der Waals surface area contributed by atoms with E-state index in [1.807, 2.05) is 0 Å². The average Bonchev–Trinajstić information content (AvgIpc) is 3.10. The van der Waals surface area contributed by atoms with E-state index in [2.05, 4.69) is 9.88 Å². The molecule has 104 valence electrons. The molecule has 1 unspecified atom stereocenters. The molecule has 0 amide bonds. The number of pyridine rings is 1. The number of hydrogen-bond acceptors (Lipinski definition) is 3. The molecule has 0 spiro atoms. The fourth-order valence-electron chi connectivity index (χ4n) is 3.90. The van der Waals surface area contributed by atoms with Crippen LogP contribution in [0, 0.1) is 5.82 Å². The second-order valence-corrected chi connectivity index (χ2v) is 5.88. The molecule has 0 radical (unpaired) electrons. The number of hydrogen-bond donors (Lipinski definition) is 1. The van der Waals surface area contributed by atoms with Crippen molar-refractivity contribution in [2.75, 3.05) is 13.1 Å². The van der Waals surface area contributed by atoms with Crippen LogP contribution >= 0.6 is 0 Å². The summed E-state index contributed by atoms with van der Waals surface area (Å²) in [4.78, 5) is 6.35. The molecule has 2 heterocycles. The van der Waals surface area contributed by atoms with Crippen molar-refractivity contribution in [3.05, 3.63) is 29.8 Å². The summed E-state index contributed by atoms with van der Waals surface area (Å²) in [6.45, 7) is 2.22. The maximum absolute atomic E-state index is 14.0. The van der Waals surface area contributed by atoms with Crippen molar-refractivity contribution in [1.82, 2.24) is 9.88 Å². The maximum Gasteiger partial charge on any atom is 0.146 e. The van der Waals surface area contributed by atoms with Gasteiger partial charge in [-0.05, 0) is 44.8 Å². The molecule has 1 aliphatic heterocycles. The second kappa shape index (κ2) is 5.17. The Labute approximate surface area is 114 Å². The predicted octanol–water partition coefficient (Wildman–Crippen LogP) is 2.63. The molecular weight excluding hydrogens is 241 g/mol. The number of halogens is 1. The number of rotatable bonds is 3. The van der Waals surface area contributed by atoms with E-state index in [1.54, 1.807) is 12.3 Å². The van der Waals surface area contributed by atoms with Crippen LogP contribution in [-0.4, -0.2) is 28.5 Å². The maximum atomic E-state index is 14.0. The lowest BCUT2D eigenvalue weighted by Gasteiger charge is -2.43. The van der Waals surface area contributed by atoms with E-state index in [-0.39, 0.29) is 17.4 Å². The van der Waals surface area contributed by atoms with E-state index in [4.69, 9.17) is 5.73 Å². The molecule has 3 rings (SSSR count). The number of nitrogens with two attached hydrogens (primary N) is 1. The minimum atomic E-state index is -0.263. The second-order valence-electron chi connectivity index (χ2n) is 5.88. The zero-order valence-corrected chi connectivity index (χ0v) is 11.3. The van der Waals surface area contributed by atoms with Crippen LogP contribution in [0.4, 0.5) is 4.39 Å². The summed E-state index contributed by atoms with van der Waals surface area (Å²) < 4.78 is 14.0. The topological polar surface area (TPSA) is 42.1 Å². The molecule has 1 aliphatic carbocycles. The number of aromatic nitrogens is 1. The molecule has 19 heavy (non-hydrogen) atoms. The van der Waals surface area contributed by atoms with Gasteiger partial charge in [-0.3, -0.25) is 9.88 Å². The molecule has 1 saturated heterocycles. The first-order valence-electron chi connectivity index (χ1n) is 7.34. The van der Waals surface area contributed by atoms with Gasteiger partial charge in [-0.2, -0.15) is 0 Å². The van der Waals surface area contributed by atoms with E-state index in [1.165, 1.54) is 31.9 Å². The summed E-state index contributed by atoms with van der Waals surface area (Å²) in [5.41, 5.74) is 7.11. The first-order chi connectivity index (χ1) is 9.24. The van der Waals surface area contributed by atoms with Crippen LogP contribution < -0.4 is 5.73 Å². The third-order valence-electron chi connectivity index (χ3n) is 4.92. The minimum Gasteiger partial charge on any atom is -0.322 e. The van der Waals surface area contributed by atoms with Crippen LogP contribution in [0.3, 0.4) is 0 Å². The zero-order chi connectivity index (χ0) is 13.3. The van der Waals surface area contributed by atoms with E-state index >= 15 is 0 Å². The Hall–Kier alpha value is -1.00. The Morgan fingerprint density at radius 2 is 1.89 bits per heavy atom. The van der Waals surface area contributed by atoms with Crippen molar-refractivity contribution < 1.29 is 4.39 Å². The van der Waals surface area contributed by atoms with E-state index in [9.17, 15) is 4.39 Å². The van der Waals surface area contributed by atoms with E-state index in [0.29, 0.717) is 5.56 Å². The highest BCUT2D eigenvalue weighted by Crippen LogP contribution is 2.45. The molecule has 0 bridgehead atoms. The Kier molecular flexibility index (Phi) is 3.54. The molecule has 2 N–H and O–H groups in total. The lowest BCUT2D eigenvalue weighted by atomic mass is 9.83. The van der Waals surface area contributed by atoms with Crippen molar-refractivity contribution in [1.29, 1.82) is 0 Å². The highest BCUT2D eigenvalue weighted by atomic mass is 19.1. The van der Waals surface area contributed by atoms with Gasteiger partial charge in [-0.25, -0.2) is 4.39 Å².